The molecule has 0 unspecified atom stereocenters. The van der Waals surface area contributed by atoms with E-state index in [1.54, 1.807) is 31.2 Å². The van der Waals surface area contributed by atoms with Crippen LogP contribution < -0.4 is 9.47 Å². The van der Waals surface area contributed by atoms with Gasteiger partial charge in [-0.25, -0.2) is 4.79 Å². The summed E-state index contributed by atoms with van der Waals surface area (Å²) in [4.78, 5) is 38.5. The molecule has 1 heterocycles. The van der Waals surface area contributed by atoms with Crippen LogP contribution in [0.2, 0.25) is 5.02 Å². The van der Waals surface area contributed by atoms with Gasteiger partial charge in [0.2, 0.25) is 0 Å². The summed E-state index contributed by atoms with van der Waals surface area (Å²) < 4.78 is 17.5. The van der Waals surface area contributed by atoms with Crippen molar-refractivity contribution < 1.29 is 28.6 Å². The summed E-state index contributed by atoms with van der Waals surface area (Å²) in [6.45, 7) is 5.92. The van der Waals surface area contributed by atoms with Crippen molar-refractivity contribution in [3.8, 4) is 11.5 Å². The van der Waals surface area contributed by atoms with Crippen LogP contribution in [-0.4, -0.2) is 41.3 Å². The minimum Gasteiger partial charge on any atom is -0.490 e. The number of halogens is 2. The molecule has 10 heteroatoms. The van der Waals surface area contributed by atoms with Crippen LogP contribution in [0.1, 0.15) is 31.9 Å². The third-order valence-electron chi connectivity index (χ3n) is 4.76. The quantitative estimate of drug-likeness (QED) is 0.197. The van der Waals surface area contributed by atoms with Crippen molar-refractivity contribution in [1.29, 1.82) is 0 Å². The molecule has 1 saturated heterocycles. The molecular weight excluding hydrogens is 593 g/mol. The lowest BCUT2D eigenvalue weighted by molar-refractivity contribution is -0.150. The number of esters is 1. The maximum absolute atomic E-state index is 12.9. The van der Waals surface area contributed by atoms with Crippen LogP contribution in [0.25, 0.3) is 6.08 Å². The molecule has 1 fully saturated rings. The van der Waals surface area contributed by atoms with Crippen molar-refractivity contribution in [1.82, 2.24) is 4.90 Å². The van der Waals surface area contributed by atoms with E-state index in [0.717, 1.165) is 25.8 Å². The molecule has 7 nitrogen and oxygen atoms in total. The van der Waals surface area contributed by atoms with Crippen LogP contribution in [0.15, 0.2) is 41.3 Å². The largest absolute Gasteiger partial charge is 0.490 e. The lowest BCUT2D eigenvalue weighted by atomic mass is 10.1. The van der Waals surface area contributed by atoms with Gasteiger partial charge in [0.1, 0.15) is 12.6 Å². The molecule has 1 aliphatic heterocycles. The zero-order valence-corrected chi connectivity index (χ0v) is 22.5. The summed E-state index contributed by atoms with van der Waals surface area (Å²) in [6.07, 6.45) is 1.61. The summed E-state index contributed by atoms with van der Waals surface area (Å²) >= 11 is 8.87. The van der Waals surface area contributed by atoms with E-state index < -0.39 is 23.2 Å². The number of imide groups is 1. The van der Waals surface area contributed by atoms with E-state index in [1.165, 1.54) is 6.92 Å². The third kappa shape index (κ3) is 6.25. The van der Waals surface area contributed by atoms with Crippen molar-refractivity contribution in [2.75, 3.05) is 13.2 Å². The number of benzene rings is 2. The predicted octanol–water partition coefficient (Wildman–Crippen LogP) is 5.91. The zero-order valence-electron chi connectivity index (χ0n) is 18.8. The van der Waals surface area contributed by atoms with Crippen LogP contribution in [0.4, 0.5) is 4.79 Å². The van der Waals surface area contributed by atoms with Crippen LogP contribution in [0.3, 0.4) is 0 Å². The van der Waals surface area contributed by atoms with E-state index in [-0.39, 0.29) is 11.5 Å². The van der Waals surface area contributed by atoms with Gasteiger partial charge in [-0.05, 0) is 96.6 Å². The molecule has 180 valence electrons. The Hall–Kier alpha value is -2.24. The standard InChI is InChI=1S/C24H23ClINO6S/c1-4-31-19-11-16(10-18(26)21(19)33-13-15-6-8-17(25)9-7-15)12-20-22(28)27(24(30)34-20)14(3)23(29)32-5-2/h6-12,14H,4-5,13H2,1-3H3/b20-12+/t14-/m1/s1. The molecule has 0 bridgehead atoms. The molecule has 0 saturated carbocycles. The number of hydrogen-bond acceptors (Lipinski definition) is 7. The van der Waals surface area contributed by atoms with Gasteiger partial charge in [-0.1, -0.05) is 23.7 Å². The fraction of sp³-hybridized carbons (Fsp3) is 0.292. The second kappa shape index (κ2) is 11.9. The molecule has 2 amide bonds. The van der Waals surface area contributed by atoms with E-state index in [4.69, 9.17) is 25.8 Å². The molecule has 0 spiro atoms. The van der Waals surface area contributed by atoms with Gasteiger partial charge in [0.15, 0.2) is 11.5 Å². The minimum atomic E-state index is -0.999. The van der Waals surface area contributed by atoms with Crippen molar-refractivity contribution in [2.24, 2.45) is 0 Å². The second-order valence-electron chi connectivity index (χ2n) is 7.16. The number of carbonyl (C=O) groups is 3. The number of nitrogens with zero attached hydrogens (tertiary/aromatic N) is 1. The number of amides is 2. The van der Waals surface area contributed by atoms with Gasteiger partial charge in [-0.2, -0.15) is 0 Å². The maximum Gasteiger partial charge on any atom is 0.329 e. The molecule has 2 aromatic rings. The number of carbonyl (C=O) groups excluding carboxylic acids is 3. The molecule has 1 atom stereocenters. The Morgan fingerprint density at radius 3 is 2.50 bits per heavy atom. The van der Waals surface area contributed by atoms with E-state index >= 15 is 0 Å². The van der Waals surface area contributed by atoms with E-state index in [9.17, 15) is 14.4 Å². The smallest absolute Gasteiger partial charge is 0.329 e. The van der Waals surface area contributed by atoms with Gasteiger partial charge >= 0.3 is 5.97 Å². The third-order valence-corrected chi connectivity index (χ3v) is 6.70. The van der Waals surface area contributed by atoms with Gasteiger partial charge in [0.05, 0.1) is 21.7 Å². The molecular formula is C24H23ClINO6S. The molecule has 2 aromatic carbocycles. The lowest BCUT2D eigenvalue weighted by Gasteiger charge is -2.19. The first kappa shape index (κ1) is 26.4. The Morgan fingerprint density at radius 2 is 1.85 bits per heavy atom. The van der Waals surface area contributed by atoms with Crippen LogP contribution in [0, 0.1) is 3.57 Å². The highest BCUT2D eigenvalue weighted by Gasteiger charge is 2.41. The average molecular weight is 616 g/mol. The number of thioether (sulfide) groups is 1. The van der Waals surface area contributed by atoms with Gasteiger partial charge in [0, 0.05) is 5.02 Å². The number of hydrogen-bond donors (Lipinski definition) is 0. The summed E-state index contributed by atoms with van der Waals surface area (Å²) in [5, 5.41) is 0.137. The van der Waals surface area contributed by atoms with E-state index in [2.05, 4.69) is 22.6 Å². The minimum absolute atomic E-state index is 0.167. The Balaban J connectivity index is 1.84. The van der Waals surface area contributed by atoms with Gasteiger partial charge in [-0.15, -0.1) is 0 Å². The van der Waals surface area contributed by atoms with Crippen molar-refractivity contribution >= 4 is 69.1 Å². The molecule has 3 rings (SSSR count). The van der Waals surface area contributed by atoms with E-state index in [1.807, 2.05) is 25.1 Å². The summed E-state index contributed by atoms with van der Waals surface area (Å²) in [6, 6.07) is 9.96. The topological polar surface area (TPSA) is 82.1 Å². The van der Waals surface area contributed by atoms with Gasteiger partial charge in [0.25, 0.3) is 11.1 Å². The average Bonchev–Trinajstić information content (AvgIpc) is 3.07. The van der Waals surface area contributed by atoms with Crippen molar-refractivity contribution in [2.45, 2.75) is 33.4 Å². The van der Waals surface area contributed by atoms with Crippen LogP contribution >= 0.6 is 46.0 Å². The van der Waals surface area contributed by atoms with Crippen LogP contribution in [-0.2, 0) is 20.9 Å². The van der Waals surface area contributed by atoms with Crippen molar-refractivity contribution in [3.05, 3.63) is 61.0 Å². The fourth-order valence-corrected chi connectivity index (χ4v) is 4.96. The maximum atomic E-state index is 12.9. The Kier molecular flexibility index (Phi) is 9.26. The first-order valence-electron chi connectivity index (χ1n) is 10.5. The van der Waals surface area contributed by atoms with Crippen molar-refractivity contribution in [3.63, 3.8) is 0 Å². The monoisotopic (exact) mass is 615 g/mol. The molecule has 0 radical (unpaired) electrons. The highest BCUT2D eigenvalue weighted by atomic mass is 127. The Bertz CT molecular complexity index is 1120. The van der Waals surface area contributed by atoms with E-state index in [0.29, 0.717) is 35.3 Å². The summed E-state index contributed by atoms with van der Waals surface area (Å²) in [7, 11) is 0. The number of rotatable bonds is 9. The Morgan fingerprint density at radius 1 is 1.15 bits per heavy atom. The van der Waals surface area contributed by atoms with Gasteiger partial charge in [-0.3, -0.25) is 14.5 Å². The highest BCUT2D eigenvalue weighted by Crippen LogP contribution is 2.38. The van der Waals surface area contributed by atoms with Gasteiger partial charge < -0.3 is 14.2 Å². The van der Waals surface area contributed by atoms with Crippen LogP contribution in [0.5, 0.6) is 11.5 Å². The highest BCUT2D eigenvalue weighted by molar-refractivity contribution is 14.1. The molecule has 34 heavy (non-hydrogen) atoms. The predicted molar refractivity (Wildman–Crippen MR) is 140 cm³/mol. The first-order valence-corrected chi connectivity index (χ1v) is 12.8. The summed E-state index contributed by atoms with van der Waals surface area (Å²) in [5.41, 5.74) is 1.62. The first-order chi connectivity index (χ1) is 16.2. The SMILES string of the molecule is CCOC(=O)[C@@H](C)N1C(=O)S/C(=C/c2cc(I)c(OCc3ccc(Cl)cc3)c(OCC)c2)C1=O. The molecule has 0 aromatic heterocycles. The number of ether oxygens (including phenoxy) is 3. The molecule has 0 N–H and O–H groups in total. The summed E-state index contributed by atoms with van der Waals surface area (Å²) in [5.74, 6) is -0.0553. The molecule has 1 aliphatic rings. The molecule has 0 aliphatic carbocycles. The zero-order chi connectivity index (χ0) is 24.8. The lowest BCUT2D eigenvalue weighted by Crippen LogP contribution is -2.42. The fourth-order valence-electron chi connectivity index (χ4n) is 3.14. The second-order valence-corrected chi connectivity index (χ2v) is 9.75. The normalized spacial score (nSPS) is 15.6. The Labute approximate surface area is 220 Å².